The molecular weight excluding hydrogens is 246 g/mol. The fourth-order valence-corrected chi connectivity index (χ4v) is 2.68. The Morgan fingerprint density at radius 1 is 1.33 bits per heavy atom. The average molecular weight is 263 g/mol. The van der Waals surface area contributed by atoms with Crippen molar-refractivity contribution >= 4 is 11.3 Å². The number of rotatable bonds is 5. The number of thiazole rings is 1. The van der Waals surface area contributed by atoms with Crippen LogP contribution in [-0.2, 0) is 0 Å². The first kappa shape index (κ1) is 13.1. The summed E-state index contributed by atoms with van der Waals surface area (Å²) in [6.45, 7) is 2.22. The van der Waals surface area contributed by atoms with E-state index in [-0.39, 0.29) is 12.5 Å². The molecule has 1 N–H and O–H groups in total. The molecule has 0 aliphatic rings. The van der Waals surface area contributed by atoms with Crippen molar-refractivity contribution in [2.75, 3.05) is 13.7 Å². The van der Waals surface area contributed by atoms with Gasteiger partial charge in [-0.05, 0) is 30.7 Å². The smallest absolute Gasteiger partial charge is 0.123 e. The van der Waals surface area contributed by atoms with Gasteiger partial charge >= 0.3 is 0 Å². The minimum Gasteiger partial charge on any atom is -0.497 e. The molecule has 1 unspecified atom stereocenters. The maximum Gasteiger partial charge on any atom is 0.123 e. The van der Waals surface area contributed by atoms with Crippen molar-refractivity contribution in [2.45, 2.75) is 19.3 Å². The molecule has 2 rings (SSSR count). The molecule has 96 valence electrons. The van der Waals surface area contributed by atoms with Gasteiger partial charge in [0, 0.05) is 16.9 Å². The Kier molecular flexibility index (Phi) is 4.33. The molecule has 0 bridgehead atoms. The number of aliphatic hydroxyl groups is 1. The van der Waals surface area contributed by atoms with E-state index in [1.54, 1.807) is 18.4 Å². The standard InChI is InChI=1S/C14H17NO2S/c1-3-10(8-16)13-9-18-14(15-13)11-4-6-12(17-2)7-5-11/h4-7,9-10,16H,3,8H2,1-2H3. The van der Waals surface area contributed by atoms with Gasteiger partial charge in [0.05, 0.1) is 19.4 Å². The zero-order valence-corrected chi connectivity index (χ0v) is 11.4. The second kappa shape index (κ2) is 5.98. The lowest BCUT2D eigenvalue weighted by Crippen LogP contribution is -2.02. The summed E-state index contributed by atoms with van der Waals surface area (Å²) in [6.07, 6.45) is 0.905. The van der Waals surface area contributed by atoms with Crippen LogP contribution in [0, 0.1) is 0 Å². The minimum atomic E-state index is 0.147. The number of methoxy groups -OCH3 is 1. The zero-order chi connectivity index (χ0) is 13.0. The summed E-state index contributed by atoms with van der Waals surface area (Å²) in [7, 11) is 1.66. The normalized spacial score (nSPS) is 12.4. The second-order valence-corrected chi connectivity index (χ2v) is 4.95. The largest absolute Gasteiger partial charge is 0.497 e. The van der Waals surface area contributed by atoms with Crippen molar-refractivity contribution in [3.05, 3.63) is 35.3 Å². The van der Waals surface area contributed by atoms with E-state index in [9.17, 15) is 5.11 Å². The number of aliphatic hydroxyl groups excluding tert-OH is 1. The molecule has 1 atom stereocenters. The molecule has 1 aromatic carbocycles. The minimum absolute atomic E-state index is 0.147. The van der Waals surface area contributed by atoms with Crippen LogP contribution in [0.15, 0.2) is 29.6 Å². The van der Waals surface area contributed by atoms with Crippen molar-refractivity contribution in [3.8, 4) is 16.3 Å². The first-order chi connectivity index (χ1) is 8.78. The number of nitrogens with zero attached hydrogens (tertiary/aromatic N) is 1. The molecule has 1 aromatic heterocycles. The van der Waals surface area contributed by atoms with E-state index >= 15 is 0 Å². The molecule has 0 radical (unpaired) electrons. The fourth-order valence-electron chi connectivity index (χ4n) is 1.77. The first-order valence-electron chi connectivity index (χ1n) is 5.99. The summed E-state index contributed by atoms with van der Waals surface area (Å²) < 4.78 is 5.13. The molecule has 1 heterocycles. The molecule has 18 heavy (non-hydrogen) atoms. The number of hydrogen-bond donors (Lipinski definition) is 1. The van der Waals surface area contributed by atoms with Gasteiger partial charge in [-0.15, -0.1) is 11.3 Å². The molecule has 0 spiro atoms. The third kappa shape index (κ3) is 2.71. The Morgan fingerprint density at radius 2 is 2.06 bits per heavy atom. The summed E-state index contributed by atoms with van der Waals surface area (Å²) in [5.41, 5.74) is 2.07. The highest BCUT2D eigenvalue weighted by Crippen LogP contribution is 2.29. The van der Waals surface area contributed by atoms with Crippen LogP contribution in [0.25, 0.3) is 10.6 Å². The van der Waals surface area contributed by atoms with Gasteiger partial charge in [0.1, 0.15) is 10.8 Å². The zero-order valence-electron chi connectivity index (χ0n) is 10.6. The highest BCUT2D eigenvalue weighted by atomic mass is 32.1. The van der Waals surface area contributed by atoms with Gasteiger partial charge in [0.15, 0.2) is 0 Å². The topological polar surface area (TPSA) is 42.4 Å². The summed E-state index contributed by atoms with van der Waals surface area (Å²) in [5.74, 6) is 0.991. The van der Waals surface area contributed by atoms with Gasteiger partial charge in [-0.2, -0.15) is 0 Å². The molecule has 0 aliphatic heterocycles. The lowest BCUT2D eigenvalue weighted by atomic mass is 10.1. The summed E-state index contributed by atoms with van der Waals surface area (Å²) in [6, 6.07) is 7.86. The van der Waals surface area contributed by atoms with Crippen LogP contribution >= 0.6 is 11.3 Å². The number of benzene rings is 1. The molecule has 4 heteroatoms. The Bertz CT molecular complexity index is 489. The van der Waals surface area contributed by atoms with E-state index in [0.29, 0.717) is 0 Å². The van der Waals surface area contributed by atoms with Crippen molar-refractivity contribution in [3.63, 3.8) is 0 Å². The van der Waals surface area contributed by atoms with Crippen LogP contribution in [-0.4, -0.2) is 23.8 Å². The van der Waals surface area contributed by atoms with Gasteiger partial charge in [0.25, 0.3) is 0 Å². The van der Waals surface area contributed by atoms with Crippen LogP contribution in [0.3, 0.4) is 0 Å². The maximum atomic E-state index is 9.28. The molecule has 0 saturated heterocycles. The average Bonchev–Trinajstić information content (AvgIpc) is 2.90. The van der Waals surface area contributed by atoms with Crippen molar-refractivity contribution in [1.82, 2.24) is 4.98 Å². The number of ether oxygens (including phenoxy) is 1. The fraction of sp³-hybridized carbons (Fsp3) is 0.357. The van der Waals surface area contributed by atoms with E-state index in [2.05, 4.69) is 11.9 Å². The van der Waals surface area contributed by atoms with Crippen LogP contribution in [0.2, 0.25) is 0 Å². The number of aromatic nitrogens is 1. The summed E-state index contributed by atoms with van der Waals surface area (Å²) >= 11 is 1.61. The first-order valence-corrected chi connectivity index (χ1v) is 6.87. The van der Waals surface area contributed by atoms with E-state index in [1.807, 2.05) is 29.6 Å². The van der Waals surface area contributed by atoms with Crippen LogP contribution in [0.5, 0.6) is 5.75 Å². The highest BCUT2D eigenvalue weighted by Gasteiger charge is 2.12. The van der Waals surface area contributed by atoms with Gasteiger partial charge in [-0.3, -0.25) is 0 Å². The molecule has 0 fully saturated rings. The maximum absolute atomic E-state index is 9.28. The van der Waals surface area contributed by atoms with Crippen LogP contribution in [0.4, 0.5) is 0 Å². The third-order valence-electron chi connectivity index (χ3n) is 2.99. The van der Waals surface area contributed by atoms with Crippen molar-refractivity contribution in [1.29, 1.82) is 0 Å². The van der Waals surface area contributed by atoms with Gasteiger partial charge < -0.3 is 9.84 Å². The Hall–Kier alpha value is -1.39. The predicted octanol–water partition coefficient (Wildman–Crippen LogP) is 3.30. The highest BCUT2D eigenvalue weighted by molar-refractivity contribution is 7.13. The monoisotopic (exact) mass is 263 g/mol. The van der Waals surface area contributed by atoms with Crippen LogP contribution < -0.4 is 4.74 Å². The van der Waals surface area contributed by atoms with Gasteiger partial charge in [-0.1, -0.05) is 6.92 Å². The van der Waals surface area contributed by atoms with Crippen LogP contribution in [0.1, 0.15) is 25.0 Å². The lowest BCUT2D eigenvalue weighted by molar-refractivity contribution is 0.260. The SMILES string of the molecule is CCC(CO)c1csc(-c2ccc(OC)cc2)n1. The number of hydrogen-bond acceptors (Lipinski definition) is 4. The van der Waals surface area contributed by atoms with E-state index in [4.69, 9.17) is 4.74 Å². The molecule has 0 aliphatic carbocycles. The Morgan fingerprint density at radius 3 is 2.61 bits per heavy atom. The van der Waals surface area contributed by atoms with E-state index in [1.165, 1.54) is 0 Å². The molecular formula is C14H17NO2S. The molecule has 0 amide bonds. The predicted molar refractivity (Wildman–Crippen MR) is 74.2 cm³/mol. The Labute approximate surface area is 111 Å². The van der Waals surface area contributed by atoms with E-state index < -0.39 is 0 Å². The van der Waals surface area contributed by atoms with Gasteiger partial charge in [-0.25, -0.2) is 4.98 Å². The van der Waals surface area contributed by atoms with E-state index in [0.717, 1.165) is 28.4 Å². The second-order valence-electron chi connectivity index (χ2n) is 4.09. The van der Waals surface area contributed by atoms with Crippen molar-refractivity contribution in [2.24, 2.45) is 0 Å². The van der Waals surface area contributed by atoms with Crippen molar-refractivity contribution < 1.29 is 9.84 Å². The molecule has 0 saturated carbocycles. The third-order valence-corrected chi connectivity index (χ3v) is 3.90. The van der Waals surface area contributed by atoms with Gasteiger partial charge in [0.2, 0.25) is 0 Å². The quantitative estimate of drug-likeness (QED) is 0.900. The summed E-state index contributed by atoms with van der Waals surface area (Å²) in [4.78, 5) is 4.60. The Balaban J connectivity index is 2.23. The lowest BCUT2D eigenvalue weighted by Gasteiger charge is -2.06. The molecule has 2 aromatic rings. The molecule has 3 nitrogen and oxygen atoms in total. The summed E-state index contributed by atoms with van der Waals surface area (Å²) in [5, 5.41) is 12.3.